The molecule has 2 unspecified atom stereocenters. The van der Waals surface area contributed by atoms with Crippen molar-refractivity contribution >= 4 is 24.2 Å². The molecule has 5 nitrogen and oxygen atoms in total. The van der Waals surface area contributed by atoms with Crippen LogP contribution in [0.2, 0.25) is 0 Å². The molecule has 0 saturated carbocycles. The van der Waals surface area contributed by atoms with Gasteiger partial charge in [0, 0.05) is 26.2 Å². The smallest absolute Gasteiger partial charge is 0.251 e. The lowest BCUT2D eigenvalue weighted by Crippen LogP contribution is -2.45. The monoisotopic (exact) mass is 327 g/mol. The van der Waals surface area contributed by atoms with Gasteiger partial charge in [0.25, 0.3) is 5.91 Å². The van der Waals surface area contributed by atoms with Crippen LogP contribution < -0.4 is 11.1 Å². The summed E-state index contributed by atoms with van der Waals surface area (Å²) >= 11 is 0. The van der Waals surface area contributed by atoms with Crippen LogP contribution in [0.15, 0.2) is 24.3 Å². The second-order valence-electron chi connectivity index (χ2n) is 5.38. The van der Waals surface area contributed by atoms with E-state index in [0.29, 0.717) is 12.1 Å². The number of likely N-dealkylation sites (N-methyl/N-ethyl adjacent to an activating group) is 1. The minimum Gasteiger partial charge on any atom is -0.355 e. The molecule has 22 heavy (non-hydrogen) atoms. The van der Waals surface area contributed by atoms with Crippen LogP contribution in [0.5, 0.6) is 0 Å². The third-order valence-electron chi connectivity index (χ3n) is 3.78. The van der Waals surface area contributed by atoms with E-state index in [4.69, 9.17) is 5.73 Å². The molecular weight excluding hydrogens is 302 g/mol. The fourth-order valence-corrected chi connectivity index (χ4v) is 2.01. The summed E-state index contributed by atoms with van der Waals surface area (Å²) in [5.74, 6) is -0.0138. The Labute approximate surface area is 138 Å². The predicted octanol–water partition coefficient (Wildman–Crippen LogP) is 1.80. The summed E-state index contributed by atoms with van der Waals surface area (Å²) in [5, 5.41) is 2.57. The van der Waals surface area contributed by atoms with Crippen molar-refractivity contribution in [3.8, 4) is 0 Å². The van der Waals surface area contributed by atoms with Crippen molar-refractivity contribution in [3.63, 3.8) is 0 Å². The highest BCUT2D eigenvalue weighted by Gasteiger charge is 2.22. The summed E-state index contributed by atoms with van der Waals surface area (Å²) < 4.78 is 0. The Morgan fingerprint density at radius 2 is 1.82 bits per heavy atom. The third kappa shape index (κ3) is 5.31. The summed E-state index contributed by atoms with van der Waals surface area (Å²) in [5.41, 5.74) is 7.53. The summed E-state index contributed by atoms with van der Waals surface area (Å²) in [6.07, 6.45) is 0.877. The van der Waals surface area contributed by atoms with Gasteiger partial charge < -0.3 is 16.0 Å². The highest BCUT2D eigenvalue weighted by molar-refractivity contribution is 5.93. The van der Waals surface area contributed by atoms with E-state index < -0.39 is 6.04 Å². The van der Waals surface area contributed by atoms with Crippen molar-refractivity contribution < 1.29 is 9.59 Å². The minimum atomic E-state index is -0.467. The topological polar surface area (TPSA) is 75.4 Å². The van der Waals surface area contributed by atoms with Crippen LogP contribution in [0.25, 0.3) is 0 Å². The maximum atomic E-state index is 12.2. The maximum Gasteiger partial charge on any atom is 0.251 e. The predicted molar refractivity (Wildman–Crippen MR) is 91.0 cm³/mol. The van der Waals surface area contributed by atoms with Crippen molar-refractivity contribution in [3.05, 3.63) is 35.4 Å². The number of hydrogen-bond donors (Lipinski definition) is 2. The molecule has 2 atom stereocenters. The van der Waals surface area contributed by atoms with Gasteiger partial charge in [0.2, 0.25) is 5.91 Å². The maximum absolute atomic E-state index is 12.2. The zero-order valence-electron chi connectivity index (χ0n) is 13.6. The van der Waals surface area contributed by atoms with E-state index in [1.54, 1.807) is 31.1 Å². The standard InChI is InChI=1S/C16H25N3O2.ClH/c1-5-11(2)14(17)16(21)19(4)10-12-6-8-13(9-7-12)15(20)18-3;/h6-9,11,14H,5,10,17H2,1-4H3,(H,18,20);1H. The van der Waals surface area contributed by atoms with Gasteiger partial charge in [-0.25, -0.2) is 0 Å². The zero-order valence-corrected chi connectivity index (χ0v) is 14.4. The lowest BCUT2D eigenvalue weighted by Gasteiger charge is -2.24. The Morgan fingerprint density at radius 3 is 2.27 bits per heavy atom. The molecule has 6 heteroatoms. The largest absolute Gasteiger partial charge is 0.355 e. The Morgan fingerprint density at radius 1 is 1.27 bits per heavy atom. The summed E-state index contributed by atoms with van der Waals surface area (Å²) in [7, 11) is 3.34. The highest BCUT2D eigenvalue weighted by atomic mass is 35.5. The van der Waals surface area contributed by atoms with Crippen LogP contribution in [-0.2, 0) is 11.3 Å². The summed E-state index contributed by atoms with van der Waals surface area (Å²) in [6, 6.07) is 6.74. The fraction of sp³-hybridized carbons (Fsp3) is 0.500. The molecule has 0 heterocycles. The van der Waals surface area contributed by atoms with Gasteiger partial charge in [-0.15, -0.1) is 12.4 Å². The molecule has 0 saturated heterocycles. The lowest BCUT2D eigenvalue weighted by atomic mass is 9.99. The normalized spacial score (nSPS) is 12.8. The van der Waals surface area contributed by atoms with E-state index in [1.165, 1.54) is 0 Å². The zero-order chi connectivity index (χ0) is 16.0. The lowest BCUT2D eigenvalue weighted by molar-refractivity contribution is -0.132. The molecule has 1 aromatic rings. The SMILES string of the molecule is CCC(C)C(N)C(=O)N(C)Cc1ccc(C(=O)NC)cc1.Cl. The first-order chi connectivity index (χ1) is 9.90. The molecule has 0 aromatic heterocycles. The second-order valence-corrected chi connectivity index (χ2v) is 5.38. The molecule has 0 radical (unpaired) electrons. The van der Waals surface area contributed by atoms with Crippen molar-refractivity contribution in [2.24, 2.45) is 11.7 Å². The number of nitrogens with one attached hydrogen (secondary N) is 1. The Bertz CT molecular complexity index is 491. The molecule has 1 rings (SSSR count). The Balaban J connectivity index is 0.00000441. The second kappa shape index (κ2) is 9.43. The number of amides is 2. The molecule has 0 aliphatic carbocycles. The van der Waals surface area contributed by atoms with Gasteiger partial charge in [-0.3, -0.25) is 9.59 Å². The van der Waals surface area contributed by atoms with Crippen LogP contribution >= 0.6 is 12.4 Å². The van der Waals surface area contributed by atoms with E-state index >= 15 is 0 Å². The van der Waals surface area contributed by atoms with Gasteiger partial charge in [-0.2, -0.15) is 0 Å². The number of rotatable bonds is 6. The number of nitrogens with zero attached hydrogens (tertiary/aromatic N) is 1. The van der Waals surface area contributed by atoms with Crippen molar-refractivity contribution in [2.45, 2.75) is 32.9 Å². The molecule has 0 fully saturated rings. The minimum absolute atomic E-state index is 0. The first-order valence-electron chi connectivity index (χ1n) is 7.22. The molecule has 3 N–H and O–H groups in total. The number of carbonyl (C=O) groups excluding carboxylic acids is 2. The van der Waals surface area contributed by atoms with Crippen LogP contribution in [0.1, 0.15) is 36.2 Å². The molecule has 2 amide bonds. The number of nitrogens with two attached hydrogens (primary N) is 1. The summed E-state index contributed by atoms with van der Waals surface area (Å²) in [4.78, 5) is 25.3. The molecule has 0 aliphatic rings. The fourth-order valence-electron chi connectivity index (χ4n) is 2.01. The third-order valence-corrected chi connectivity index (χ3v) is 3.78. The van der Waals surface area contributed by atoms with Gasteiger partial charge in [-0.05, 0) is 23.6 Å². The first kappa shape index (κ1) is 20.4. The number of hydrogen-bond acceptors (Lipinski definition) is 3. The van der Waals surface area contributed by atoms with Crippen molar-refractivity contribution in [1.82, 2.24) is 10.2 Å². The average Bonchev–Trinajstić information content (AvgIpc) is 2.52. The van der Waals surface area contributed by atoms with Crippen LogP contribution in [0.3, 0.4) is 0 Å². The number of carbonyl (C=O) groups is 2. The van der Waals surface area contributed by atoms with Crippen LogP contribution in [0.4, 0.5) is 0 Å². The van der Waals surface area contributed by atoms with Gasteiger partial charge in [-0.1, -0.05) is 32.4 Å². The highest BCUT2D eigenvalue weighted by Crippen LogP contribution is 2.11. The van der Waals surface area contributed by atoms with E-state index in [9.17, 15) is 9.59 Å². The number of halogens is 1. The van der Waals surface area contributed by atoms with Crippen molar-refractivity contribution in [1.29, 1.82) is 0 Å². The van der Waals surface area contributed by atoms with Crippen LogP contribution in [-0.4, -0.2) is 36.9 Å². The van der Waals surface area contributed by atoms with E-state index in [-0.39, 0.29) is 30.1 Å². The number of benzene rings is 1. The van der Waals surface area contributed by atoms with Crippen molar-refractivity contribution in [2.75, 3.05) is 14.1 Å². The molecule has 0 spiro atoms. The molecule has 124 valence electrons. The first-order valence-corrected chi connectivity index (χ1v) is 7.22. The van der Waals surface area contributed by atoms with Gasteiger partial charge in [0.1, 0.15) is 0 Å². The summed E-state index contributed by atoms with van der Waals surface area (Å²) in [6.45, 7) is 4.49. The van der Waals surface area contributed by atoms with Gasteiger partial charge >= 0.3 is 0 Å². The quantitative estimate of drug-likeness (QED) is 0.836. The molecular formula is C16H26ClN3O2. The molecule has 1 aromatic carbocycles. The van der Waals surface area contributed by atoms with E-state index in [2.05, 4.69) is 5.32 Å². The Kier molecular flexibility index (Phi) is 8.75. The Hall–Kier alpha value is -1.59. The van der Waals surface area contributed by atoms with Gasteiger partial charge in [0.15, 0.2) is 0 Å². The average molecular weight is 328 g/mol. The van der Waals surface area contributed by atoms with Crippen LogP contribution in [0, 0.1) is 5.92 Å². The van der Waals surface area contributed by atoms with Gasteiger partial charge in [0.05, 0.1) is 6.04 Å². The molecule has 0 aliphatic heterocycles. The molecule has 0 bridgehead atoms. The van der Waals surface area contributed by atoms with E-state index in [0.717, 1.165) is 12.0 Å². The van der Waals surface area contributed by atoms with E-state index in [1.807, 2.05) is 26.0 Å².